The number of alkyl halides is 4. The van der Waals surface area contributed by atoms with E-state index in [4.69, 9.17) is 55.9 Å². The van der Waals surface area contributed by atoms with Gasteiger partial charge in [-0.15, -0.1) is 46.4 Å². The van der Waals surface area contributed by atoms with Gasteiger partial charge in [0, 0.05) is 60.8 Å². The highest BCUT2D eigenvalue weighted by Gasteiger charge is 2.25. The van der Waals surface area contributed by atoms with Crippen LogP contribution in [0.1, 0.15) is 20.7 Å². The standard InChI is InChI=1S/C36H38Cl4N4O8S2/c1-51-33-23-27(7-13-31(33)41-35(45)25-3-9-29(10-4-25)53(47,48)43(19-15-37)20-16-38)28-8-14-32(34(24-28)52-2)42-36(46)26-5-11-30(12-6-26)54(49,50)44(21-17-39)22-18-40/h3-14,23-24H,15-22H2,1-2H3,(H,41,45)(H,42,46). The largest absolute Gasteiger partial charge is 0.495 e. The molecule has 0 aliphatic carbocycles. The molecular formula is C36H38Cl4N4O8S2. The molecule has 2 amide bonds. The van der Waals surface area contributed by atoms with Crippen LogP contribution in [-0.2, 0) is 20.0 Å². The Labute approximate surface area is 335 Å². The van der Waals surface area contributed by atoms with Crippen molar-refractivity contribution in [1.29, 1.82) is 0 Å². The maximum absolute atomic E-state index is 13.1. The number of carbonyl (C=O) groups excluding carboxylic acids is 2. The second kappa shape index (κ2) is 19.8. The molecule has 4 aromatic carbocycles. The number of carbonyl (C=O) groups is 2. The number of anilines is 2. The van der Waals surface area contributed by atoms with E-state index in [0.717, 1.165) is 0 Å². The molecule has 2 N–H and O–H groups in total. The number of hydrogen-bond donors (Lipinski definition) is 2. The van der Waals surface area contributed by atoms with Gasteiger partial charge in [-0.25, -0.2) is 16.8 Å². The summed E-state index contributed by atoms with van der Waals surface area (Å²) in [4.78, 5) is 26.3. The highest BCUT2D eigenvalue weighted by molar-refractivity contribution is 7.89. The van der Waals surface area contributed by atoms with Crippen LogP contribution in [0.25, 0.3) is 11.1 Å². The molecule has 0 fully saturated rings. The zero-order chi connectivity index (χ0) is 39.5. The number of benzene rings is 4. The van der Waals surface area contributed by atoms with Crippen LogP contribution in [0.15, 0.2) is 94.7 Å². The number of sulfonamides is 2. The monoisotopic (exact) mass is 858 g/mol. The lowest BCUT2D eigenvalue weighted by Gasteiger charge is -2.20. The lowest BCUT2D eigenvalue weighted by molar-refractivity contribution is 0.101. The predicted molar refractivity (Wildman–Crippen MR) is 214 cm³/mol. The van der Waals surface area contributed by atoms with Crippen molar-refractivity contribution in [2.24, 2.45) is 0 Å². The molecule has 0 atom stereocenters. The predicted octanol–water partition coefficient (Wildman–Crippen LogP) is 6.81. The molecule has 0 saturated heterocycles. The van der Waals surface area contributed by atoms with E-state index in [2.05, 4.69) is 10.6 Å². The van der Waals surface area contributed by atoms with Crippen molar-refractivity contribution in [1.82, 2.24) is 8.61 Å². The summed E-state index contributed by atoms with van der Waals surface area (Å²) in [6, 6.07) is 21.4. The topological polar surface area (TPSA) is 151 Å². The Morgan fingerprint density at radius 3 is 1.13 bits per heavy atom. The van der Waals surface area contributed by atoms with Crippen LogP contribution in [0.3, 0.4) is 0 Å². The fraction of sp³-hybridized carbons (Fsp3) is 0.278. The molecule has 290 valence electrons. The zero-order valence-electron chi connectivity index (χ0n) is 29.2. The van der Waals surface area contributed by atoms with Crippen molar-refractivity contribution >= 4 is 89.6 Å². The smallest absolute Gasteiger partial charge is 0.255 e. The number of methoxy groups -OCH3 is 2. The minimum absolute atomic E-state index is 0.00773. The van der Waals surface area contributed by atoms with Gasteiger partial charge < -0.3 is 20.1 Å². The van der Waals surface area contributed by atoms with Crippen LogP contribution in [0, 0.1) is 0 Å². The lowest BCUT2D eigenvalue weighted by atomic mass is 10.0. The third-order valence-corrected chi connectivity index (χ3v) is 12.6. The number of nitrogens with one attached hydrogen (secondary N) is 2. The van der Waals surface area contributed by atoms with E-state index in [9.17, 15) is 26.4 Å². The molecule has 0 aromatic heterocycles. The van der Waals surface area contributed by atoms with Crippen molar-refractivity contribution in [3.63, 3.8) is 0 Å². The van der Waals surface area contributed by atoms with E-state index in [1.807, 2.05) is 0 Å². The second-order valence-corrected chi connectivity index (χ2v) is 16.7. The lowest BCUT2D eigenvalue weighted by Crippen LogP contribution is -2.34. The van der Waals surface area contributed by atoms with E-state index in [0.29, 0.717) is 34.0 Å². The molecule has 0 aliphatic heterocycles. The van der Waals surface area contributed by atoms with Crippen molar-refractivity contribution < 1.29 is 35.9 Å². The Kier molecular flexibility index (Phi) is 15.8. The summed E-state index contributed by atoms with van der Waals surface area (Å²) >= 11 is 23.1. The molecule has 0 bridgehead atoms. The Morgan fingerprint density at radius 1 is 0.537 bits per heavy atom. The fourth-order valence-electron chi connectivity index (χ4n) is 5.27. The van der Waals surface area contributed by atoms with E-state index in [1.165, 1.54) is 71.4 Å². The van der Waals surface area contributed by atoms with Crippen LogP contribution in [0.4, 0.5) is 11.4 Å². The average molecular weight is 861 g/mol. The molecule has 0 radical (unpaired) electrons. The Balaban J connectivity index is 1.48. The molecule has 0 heterocycles. The highest BCUT2D eigenvalue weighted by atomic mass is 35.5. The van der Waals surface area contributed by atoms with Crippen LogP contribution in [0.5, 0.6) is 11.5 Å². The van der Waals surface area contributed by atoms with Gasteiger partial charge in [0.25, 0.3) is 11.8 Å². The van der Waals surface area contributed by atoms with Crippen molar-refractivity contribution in [3.8, 4) is 22.6 Å². The summed E-state index contributed by atoms with van der Waals surface area (Å²) in [6.45, 7) is 0.392. The first kappa shape index (κ1) is 43.1. The number of rotatable bonds is 19. The van der Waals surface area contributed by atoms with E-state index < -0.39 is 31.9 Å². The number of hydrogen-bond acceptors (Lipinski definition) is 8. The summed E-state index contributed by atoms with van der Waals surface area (Å²) in [5, 5.41) is 5.60. The fourth-order valence-corrected chi connectivity index (χ4v) is 9.37. The average Bonchev–Trinajstić information content (AvgIpc) is 3.18. The quantitative estimate of drug-likeness (QED) is 0.0977. The molecular weight excluding hydrogens is 822 g/mol. The van der Waals surface area contributed by atoms with E-state index in [-0.39, 0.29) is 70.6 Å². The van der Waals surface area contributed by atoms with Crippen molar-refractivity contribution in [2.75, 3.05) is 74.6 Å². The molecule has 0 spiro atoms. The Bertz CT molecular complexity index is 1980. The van der Waals surface area contributed by atoms with Gasteiger partial charge in [0.15, 0.2) is 0 Å². The molecule has 54 heavy (non-hydrogen) atoms. The number of amides is 2. The van der Waals surface area contributed by atoms with Crippen LogP contribution >= 0.6 is 46.4 Å². The third kappa shape index (κ3) is 10.4. The van der Waals surface area contributed by atoms with Gasteiger partial charge in [-0.05, 0) is 83.9 Å². The highest BCUT2D eigenvalue weighted by Crippen LogP contribution is 2.35. The summed E-state index contributed by atoms with van der Waals surface area (Å²) in [6.07, 6.45) is 0. The van der Waals surface area contributed by atoms with Gasteiger partial charge in [-0.2, -0.15) is 8.61 Å². The Morgan fingerprint density at radius 2 is 0.852 bits per heavy atom. The van der Waals surface area contributed by atoms with E-state index >= 15 is 0 Å². The minimum atomic E-state index is -3.85. The second-order valence-electron chi connectivity index (χ2n) is 11.4. The van der Waals surface area contributed by atoms with Gasteiger partial charge in [-0.1, -0.05) is 12.1 Å². The molecule has 0 saturated carbocycles. The first-order chi connectivity index (χ1) is 25.8. The molecule has 4 rings (SSSR count). The van der Waals surface area contributed by atoms with E-state index in [1.54, 1.807) is 36.4 Å². The van der Waals surface area contributed by atoms with Gasteiger partial charge in [0.1, 0.15) is 11.5 Å². The van der Waals surface area contributed by atoms with Crippen LogP contribution < -0.4 is 20.1 Å². The number of halogens is 4. The van der Waals surface area contributed by atoms with Crippen LogP contribution in [0.2, 0.25) is 0 Å². The van der Waals surface area contributed by atoms with Crippen molar-refractivity contribution in [2.45, 2.75) is 9.79 Å². The molecule has 0 aliphatic rings. The molecule has 12 nitrogen and oxygen atoms in total. The maximum atomic E-state index is 13.1. The van der Waals surface area contributed by atoms with Gasteiger partial charge in [0.2, 0.25) is 20.0 Å². The van der Waals surface area contributed by atoms with Gasteiger partial charge in [-0.3, -0.25) is 9.59 Å². The van der Waals surface area contributed by atoms with Crippen LogP contribution in [-0.4, -0.2) is 101 Å². The summed E-state index contributed by atoms with van der Waals surface area (Å²) in [7, 11) is -4.79. The number of nitrogens with zero attached hydrogens (tertiary/aromatic N) is 2. The number of ether oxygens (including phenoxy) is 2. The molecule has 4 aromatic rings. The zero-order valence-corrected chi connectivity index (χ0v) is 33.9. The summed E-state index contributed by atoms with van der Waals surface area (Å²) < 4.78 is 65.6. The molecule has 0 unspecified atom stereocenters. The van der Waals surface area contributed by atoms with Crippen molar-refractivity contribution in [3.05, 3.63) is 96.1 Å². The SMILES string of the molecule is COc1cc(-c2ccc(NC(=O)c3ccc(S(=O)(=O)N(CCCl)CCCl)cc3)c(OC)c2)ccc1NC(=O)c1ccc(S(=O)(=O)N(CCCl)CCCl)cc1. The van der Waals surface area contributed by atoms with Gasteiger partial charge >= 0.3 is 0 Å². The summed E-state index contributed by atoms with van der Waals surface area (Å²) in [5.41, 5.74) is 2.62. The van der Waals surface area contributed by atoms with Gasteiger partial charge in [0.05, 0.1) is 35.4 Å². The first-order valence-electron chi connectivity index (χ1n) is 16.3. The molecule has 18 heteroatoms. The Hall–Kier alpha value is -3.60. The first-order valence-corrected chi connectivity index (χ1v) is 21.3. The minimum Gasteiger partial charge on any atom is -0.495 e. The maximum Gasteiger partial charge on any atom is 0.255 e. The normalized spacial score (nSPS) is 11.8. The third-order valence-electron chi connectivity index (χ3n) is 8.08. The summed E-state index contributed by atoms with van der Waals surface area (Å²) in [5.74, 6) is 0.164.